The highest BCUT2D eigenvalue weighted by molar-refractivity contribution is 6.29. The third kappa shape index (κ3) is 3.99. The molecule has 2 nitrogen and oxygen atoms in total. The van der Waals surface area contributed by atoms with Crippen molar-refractivity contribution in [3.8, 4) is 0 Å². The molecule has 2 heterocycles. The van der Waals surface area contributed by atoms with E-state index in [0.29, 0.717) is 10.3 Å². The van der Waals surface area contributed by atoms with Gasteiger partial charge in [-0.25, -0.2) is 9.97 Å². The number of rotatable bonds is 4. The first-order valence-electron chi connectivity index (χ1n) is 5.47. The minimum Gasteiger partial charge on any atom is -0.241 e. The van der Waals surface area contributed by atoms with Gasteiger partial charge in [-0.2, -0.15) is 0 Å². The molecule has 2 aromatic heterocycles. The van der Waals surface area contributed by atoms with Crippen molar-refractivity contribution in [3.63, 3.8) is 0 Å². The molecule has 0 unspecified atom stereocenters. The SMILES string of the molecule is Clc1cccc(CCCc2cccc(Cl)n2)n1. The van der Waals surface area contributed by atoms with Gasteiger partial charge in [0.1, 0.15) is 10.3 Å². The van der Waals surface area contributed by atoms with Gasteiger partial charge < -0.3 is 0 Å². The lowest BCUT2D eigenvalue weighted by atomic mass is 10.1. The van der Waals surface area contributed by atoms with Crippen LogP contribution in [-0.4, -0.2) is 9.97 Å². The van der Waals surface area contributed by atoms with Gasteiger partial charge in [-0.05, 0) is 43.5 Å². The van der Waals surface area contributed by atoms with Crippen molar-refractivity contribution in [2.45, 2.75) is 19.3 Å². The second-order valence-corrected chi connectivity index (χ2v) is 4.53. The predicted molar refractivity (Wildman–Crippen MR) is 70.5 cm³/mol. The molecule has 17 heavy (non-hydrogen) atoms. The minimum atomic E-state index is 0.545. The van der Waals surface area contributed by atoms with Gasteiger partial charge >= 0.3 is 0 Å². The van der Waals surface area contributed by atoms with Crippen molar-refractivity contribution in [1.29, 1.82) is 0 Å². The van der Waals surface area contributed by atoms with Crippen molar-refractivity contribution in [1.82, 2.24) is 9.97 Å². The molecule has 0 bridgehead atoms. The van der Waals surface area contributed by atoms with Crippen LogP contribution in [-0.2, 0) is 12.8 Å². The van der Waals surface area contributed by atoms with E-state index >= 15 is 0 Å². The standard InChI is InChI=1S/C13H12Cl2N2/c14-12-8-2-6-10(16-12)4-1-5-11-7-3-9-13(15)17-11/h2-3,6-9H,1,4-5H2. The number of aromatic nitrogens is 2. The Balaban J connectivity index is 1.87. The van der Waals surface area contributed by atoms with Gasteiger partial charge in [0.25, 0.3) is 0 Å². The van der Waals surface area contributed by atoms with Gasteiger partial charge in [0.05, 0.1) is 0 Å². The number of halogens is 2. The molecular weight excluding hydrogens is 255 g/mol. The highest BCUT2D eigenvalue weighted by Gasteiger charge is 1.99. The Morgan fingerprint density at radius 2 is 1.24 bits per heavy atom. The number of pyridine rings is 2. The van der Waals surface area contributed by atoms with E-state index in [1.165, 1.54) is 0 Å². The van der Waals surface area contributed by atoms with Gasteiger partial charge in [0.15, 0.2) is 0 Å². The van der Waals surface area contributed by atoms with E-state index in [0.717, 1.165) is 30.7 Å². The van der Waals surface area contributed by atoms with Gasteiger partial charge in [0.2, 0.25) is 0 Å². The molecule has 0 aliphatic heterocycles. The summed E-state index contributed by atoms with van der Waals surface area (Å²) in [5.41, 5.74) is 2.03. The van der Waals surface area contributed by atoms with Crippen LogP contribution in [0.15, 0.2) is 36.4 Å². The maximum atomic E-state index is 5.82. The summed E-state index contributed by atoms with van der Waals surface area (Å²) in [6.45, 7) is 0. The summed E-state index contributed by atoms with van der Waals surface area (Å²) in [5.74, 6) is 0. The molecule has 0 radical (unpaired) electrons. The molecule has 0 amide bonds. The minimum absolute atomic E-state index is 0.545. The van der Waals surface area contributed by atoms with Crippen LogP contribution in [0, 0.1) is 0 Å². The van der Waals surface area contributed by atoms with E-state index < -0.39 is 0 Å². The Morgan fingerprint density at radius 1 is 0.765 bits per heavy atom. The van der Waals surface area contributed by atoms with E-state index in [1.54, 1.807) is 12.1 Å². The van der Waals surface area contributed by atoms with Gasteiger partial charge in [-0.3, -0.25) is 0 Å². The van der Waals surface area contributed by atoms with E-state index in [2.05, 4.69) is 9.97 Å². The number of hydrogen-bond donors (Lipinski definition) is 0. The second-order valence-electron chi connectivity index (χ2n) is 3.76. The van der Waals surface area contributed by atoms with Crippen LogP contribution in [0.5, 0.6) is 0 Å². The van der Waals surface area contributed by atoms with Crippen LogP contribution in [0.1, 0.15) is 17.8 Å². The molecule has 0 N–H and O–H groups in total. The summed E-state index contributed by atoms with van der Waals surface area (Å²) in [7, 11) is 0. The van der Waals surface area contributed by atoms with E-state index in [9.17, 15) is 0 Å². The number of hydrogen-bond acceptors (Lipinski definition) is 2. The average Bonchev–Trinajstić information content (AvgIpc) is 2.29. The van der Waals surface area contributed by atoms with Crippen molar-refractivity contribution in [3.05, 3.63) is 58.1 Å². The molecular formula is C13H12Cl2N2. The summed E-state index contributed by atoms with van der Waals surface area (Å²) in [6.07, 6.45) is 2.78. The fraction of sp³-hybridized carbons (Fsp3) is 0.231. The molecule has 0 saturated carbocycles. The monoisotopic (exact) mass is 266 g/mol. The number of aryl methyl sites for hydroxylation is 2. The summed E-state index contributed by atoms with van der Waals surface area (Å²) in [6, 6.07) is 11.4. The molecule has 0 aromatic carbocycles. The summed E-state index contributed by atoms with van der Waals surface area (Å²) in [5, 5.41) is 1.09. The average molecular weight is 267 g/mol. The Kier molecular flexibility index (Phi) is 4.35. The molecule has 2 aromatic rings. The van der Waals surface area contributed by atoms with Crippen molar-refractivity contribution in [2.24, 2.45) is 0 Å². The quantitative estimate of drug-likeness (QED) is 0.783. The smallest absolute Gasteiger partial charge is 0.129 e. The summed E-state index contributed by atoms with van der Waals surface area (Å²) in [4.78, 5) is 8.48. The van der Waals surface area contributed by atoms with Crippen LogP contribution in [0.2, 0.25) is 10.3 Å². The van der Waals surface area contributed by atoms with Crippen LogP contribution in [0.4, 0.5) is 0 Å². The van der Waals surface area contributed by atoms with Gasteiger partial charge in [-0.15, -0.1) is 0 Å². The molecule has 0 atom stereocenters. The Hall–Kier alpha value is -1.12. The van der Waals surface area contributed by atoms with Gasteiger partial charge in [0, 0.05) is 11.4 Å². The first-order chi connectivity index (χ1) is 8.24. The first-order valence-corrected chi connectivity index (χ1v) is 6.22. The fourth-order valence-corrected chi connectivity index (χ4v) is 1.99. The molecule has 0 aliphatic carbocycles. The van der Waals surface area contributed by atoms with Crippen LogP contribution >= 0.6 is 23.2 Å². The molecule has 88 valence electrons. The highest BCUT2D eigenvalue weighted by Crippen LogP contribution is 2.10. The number of nitrogens with zero attached hydrogens (tertiary/aromatic N) is 2. The molecule has 0 aliphatic rings. The van der Waals surface area contributed by atoms with Crippen molar-refractivity contribution < 1.29 is 0 Å². The predicted octanol–water partition coefficient (Wildman–Crippen LogP) is 3.96. The maximum Gasteiger partial charge on any atom is 0.129 e. The largest absolute Gasteiger partial charge is 0.241 e. The zero-order valence-electron chi connectivity index (χ0n) is 9.24. The molecule has 0 fully saturated rings. The third-order valence-electron chi connectivity index (χ3n) is 2.41. The van der Waals surface area contributed by atoms with E-state index in [-0.39, 0.29) is 0 Å². The van der Waals surface area contributed by atoms with Gasteiger partial charge in [-0.1, -0.05) is 35.3 Å². The maximum absolute atomic E-state index is 5.82. The molecule has 0 saturated heterocycles. The molecule has 4 heteroatoms. The lowest BCUT2D eigenvalue weighted by Gasteiger charge is -2.02. The third-order valence-corrected chi connectivity index (χ3v) is 2.83. The van der Waals surface area contributed by atoms with Crippen LogP contribution in [0.25, 0.3) is 0 Å². The highest BCUT2D eigenvalue weighted by atomic mass is 35.5. The molecule has 0 spiro atoms. The van der Waals surface area contributed by atoms with E-state index in [4.69, 9.17) is 23.2 Å². The Bertz CT molecular complexity index is 455. The topological polar surface area (TPSA) is 25.8 Å². The lowest BCUT2D eigenvalue weighted by Crippen LogP contribution is -1.95. The zero-order chi connectivity index (χ0) is 12.1. The summed E-state index contributed by atoms with van der Waals surface area (Å²) < 4.78 is 0. The summed E-state index contributed by atoms with van der Waals surface area (Å²) >= 11 is 11.6. The fourth-order valence-electron chi connectivity index (χ4n) is 1.63. The van der Waals surface area contributed by atoms with Crippen LogP contribution in [0.3, 0.4) is 0 Å². The Labute approximate surface area is 111 Å². The second kappa shape index (κ2) is 5.99. The Morgan fingerprint density at radius 3 is 1.65 bits per heavy atom. The molecule has 2 rings (SSSR count). The first kappa shape index (κ1) is 12.3. The van der Waals surface area contributed by atoms with Crippen LogP contribution < -0.4 is 0 Å². The normalized spacial score (nSPS) is 10.5. The van der Waals surface area contributed by atoms with Crippen molar-refractivity contribution >= 4 is 23.2 Å². The van der Waals surface area contributed by atoms with Crippen molar-refractivity contribution in [2.75, 3.05) is 0 Å². The van der Waals surface area contributed by atoms with E-state index in [1.807, 2.05) is 24.3 Å². The lowest BCUT2D eigenvalue weighted by molar-refractivity contribution is 0.781. The zero-order valence-corrected chi connectivity index (χ0v) is 10.7.